The third-order valence-corrected chi connectivity index (χ3v) is 13.2. The number of benzene rings is 7. The summed E-state index contributed by atoms with van der Waals surface area (Å²) in [6.07, 6.45) is -1.94. The summed E-state index contributed by atoms with van der Waals surface area (Å²) < 4.78 is 12.5. The number of aliphatic hydroxyl groups is 2. The number of nitrogen functional groups attached to an aromatic ring is 1. The Morgan fingerprint density at radius 2 is 1.42 bits per heavy atom. The summed E-state index contributed by atoms with van der Waals surface area (Å²) in [4.78, 5) is 70.1. The zero-order valence-electron chi connectivity index (χ0n) is 38.9. The summed E-state index contributed by atoms with van der Waals surface area (Å²) in [5, 5.41) is 58.5. The molecule has 9 N–H and O–H groups in total. The molecule has 2 aliphatic carbocycles. The molecule has 73 heavy (non-hydrogen) atoms. The molecule has 5 aromatic rings. The van der Waals surface area contributed by atoms with Gasteiger partial charge in [0.15, 0.2) is 11.7 Å². The van der Waals surface area contributed by atoms with Gasteiger partial charge in [-0.05, 0) is 110 Å². The first kappa shape index (κ1) is 49.4. The molecule has 0 atom stereocenters. The first-order valence-corrected chi connectivity index (χ1v) is 23.2. The Labute approximate surface area is 423 Å². The zero-order valence-corrected chi connectivity index (χ0v) is 40.4. The van der Waals surface area contributed by atoms with Crippen molar-refractivity contribution >= 4 is 74.6 Å². The summed E-state index contributed by atoms with van der Waals surface area (Å²) in [5.41, 5.74) is 9.89. The number of halogens is 2. The van der Waals surface area contributed by atoms with E-state index in [0.717, 1.165) is 5.56 Å². The number of nitrogens with zero attached hydrogens (tertiary/aromatic N) is 1. The standard InChI is InChI=1S/C55H42Cl2N4O12/c1-4-59-40-21-44-35(16-25(40)3)46(34-15-24(2)39(58)20-43(34)72-44)47-38(56)19-36(49(57)48(47)55(70)71)52(65)60-22-26-5-7-27(8-6-26)51(64)61-23-37-41(63)14-13-32-45(31-12-10-29(62)18-42(31)73-50(32)37)33-17-28(53(66)67)9-11-30(33)54(68)69/h5-21,53,63,66-67H,4,22-23,58H2,1-3H3,(H,60,65)(H,61,64)(H,68,69)(H,70,71). The highest BCUT2D eigenvalue weighted by molar-refractivity contribution is 6.41. The molecule has 0 spiro atoms. The van der Waals surface area contributed by atoms with Crippen LogP contribution in [0, 0.1) is 13.8 Å². The summed E-state index contributed by atoms with van der Waals surface area (Å²) in [7, 11) is 0. The summed E-state index contributed by atoms with van der Waals surface area (Å²) in [5.74, 6) is -3.92. The molecule has 0 saturated heterocycles. The predicted molar refractivity (Wildman–Crippen MR) is 274 cm³/mol. The van der Waals surface area contributed by atoms with Crippen LogP contribution in [0.15, 0.2) is 122 Å². The molecule has 18 heteroatoms. The number of phenolic OH excluding ortho intramolecular Hbond substituents is 1. The van der Waals surface area contributed by atoms with Gasteiger partial charge >= 0.3 is 11.9 Å². The molecule has 2 heterocycles. The minimum absolute atomic E-state index is 0.00409. The molecule has 2 amide bonds. The summed E-state index contributed by atoms with van der Waals surface area (Å²) >= 11 is 13.9. The minimum atomic E-state index is -1.94. The van der Waals surface area contributed by atoms with E-state index < -0.39 is 41.0 Å². The van der Waals surface area contributed by atoms with E-state index in [2.05, 4.69) is 15.6 Å². The number of carboxylic acids is 2. The second-order valence-electron chi connectivity index (χ2n) is 17.2. The highest BCUT2D eigenvalue weighted by atomic mass is 35.5. The Hall–Kier alpha value is -8.54. The van der Waals surface area contributed by atoms with Crippen LogP contribution in [0.1, 0.15) is 82.5 Å². The highest BCUT2D eigenvalue weighted by Gasteiger charge is 2.31. The van der Waals surface area contributed by atoms with Gasteiger partial charge in [0, 0.05) is 86.7 Å². The van der Waals surface area contributed by atoms with E-state index in [1.807, 2.05) is 19.9 Å². The van der Waals surface area contributed by atoms with Gasteiger partial charge in [0.05, 0.1) is 44.2 Å². The molecule has 16 nitrogen and oxygen atoms in total. The van der Waals surface area contributed by atoms with Crippen molar-refractivity contribution in [1.82, 2.24) is 10.6 Å². The Kier molecular flexibility index (Phi) is 13.3. The number of phenols is 1. The Balaban J connectivity index is 0.981. The molecule has 4 aliphatic rings. The van der Waals surface area contributed by atoms with Crippen LogP contribution in [-0.4, -0.2) is 55.8 Å². The third-order valence-electron chi connectivity index (χ3n) is 12.6. The Morgan fingerprint density at radius 1 is 0.699 bits per heavy atom. The van der Waals surface area contributed by atoms with Gasteiger partial charge in [-0.2, -0.15) is 0 Å². The number of fused-ring (bicyclic) bond motifs is 4. The molecule has 9 rings (SSSR count). The molecule has 0 bridgehead atoms. The maximum atomic E-state index is 13.8. The second-order valence-corrected chi connectivity index (χ2v) is 18.0. The lowest BCUT2D eigenvalue weighted by molar-refractivity contribution is -0.0425. The van der Waals surface area contributed by atoms with E-state index in [0.29, 0.717) is 62.1 Å². The van der Waals surface area contributed by atoms with Gasteiger partial charge in [-0.1, -0.05) is 41.4 Å². The fourth-order valence-electron chi connectivity index (χ4n) is 8.93. The van der Waals surface area contributed by atoms with Gasteiger partial charge in [-0.3, -0.25) is 19.4 Å². The number of hydrogen-bond donors (Lipinski definition) is 8. The fourth-order valence-corrected chi connectivity index (χ4v) is 9.54. The van der Waals surface area contributed by atoms with E-state index in [-0.39, 0.29) is 90.1 Å². The number of aryl methyl sites for hydroxylation is 2. The number of nitrogens with two attached hydrogens (primary N) is 1. The lowest BCUT2D eigenvalue weighted by Crippen LogP contribution is -2.24. The van der Waals surface area contributed by atoms with Gasteiger partial charge in [0.25, 0.3) is 11.8 Å². The minimum Gasteiger partial charge on any atom is -0.507 e. The smallest absolute Gasteiger partial charge is 0.337 e. The van der Waals surface area contributed by atoms with Crippen LogP contribution in [0.25, 0.3) is 66.8 Å². The predicted octanol–water partition coefficient (Wildman–Crippen LogP) is 9.45. The van der Waals surface area contributed by atoms with E-state index in [9.17, 15) is 49.5 Å². The summed E-state index contributed by atoms with van der Waals surface area (Å²) in [6, 6.07) is 25.0. The van der Waals surface area contributed by atoms with Gasteiger partial charge in [0.2, 0.25) is 0 Å². The van der Waals surface area contributed by atoms with Crippen molar-refractivity contribution in [2.75, 3.05) is 12.3 Å². The molecule has 5 aromatic carbocycles. The fraction of sp³-hybridized carbons (Fsp3) is 0.127. The highest BCUT2D eigenvalue weighted by Crippen LogP contribution is 2.48. The number of aromatic hydroxyl groups is 1. The van der Waals surface area contributed by atoms with Gasteiger partial charge in [0.1, 0.15) is 28.4 Å². The van der Waals surface area contributed by atoms with Gasteiger partial charge in [-0.15, -0.1) is 0 Å². The van der Waals surface area contributed by atoms with Gasteiger partial charge in [-0.25, -0.2) is 9.59 Å². The number of carboxylic acid groups (broad SMARTS) is 2. The SMILES string of the molecule is CCN=c1cc2oc3cc(N)c(C)cc3c(-c3c(Cl)cc(C(=O)NCc4ccc(C(=O)NCc5c(O)ccc6c(-c7cc(C(O)O)ccc7C(=O)O)c7ccc(=O)cc-7oc56)cc4)c(Cl)c3C(=O)O)c-2cc1C. The lowest BCUT2D eigenvalue weighted by Gasteiger charge is -2.21. The van der Waals surface area contributed by atoms with Crippen LogP contribution < -0.4 is 27.2 Å². The van der Waals surface area contributed by atoms with E-state index in [4.69, 9.17) is 37.8 Å². The molecule has 0 radical (unpaired) electrons. The lowest BCUT2D eigenvalue weighted by atomic mass is 9.88. The molecule has 2 aliphatic heterocycles. The molecule has 0 aromatic heterocycles. The molecular formula is C55H42Cl2N4O12. The third kappa shape index (κ3) is 9.20. The van der Waals surface area contributed by atoms with Gasteiger partial charge < -0.3 is 50.7 Å². The molecule has 368 valence electrons. The maximum Gasteiger partial charge on any atom is 0.337 e. The molecule has 0 unspecified atom stereocenters. The monoisotopic (exact) mass is 1020 g/mol. The number of aliphatic hydroxyl groups excluding tert-OH is 1. The van der Waals surface area contributed by atoms with Crippen molar-refractivity contribution in [1.29, 1.82) is 0 Å². The average molecular weight is 1020 g/mol. The number of rotatable bonds is 12. The first-order chi connectivity index (χ1) is 34.8. The average Bonchev–Trinajstić information content (AvgIpc) is 3.35. The van der Waals surface area contributed by atoms with Crippen LogP contribution in [0.4, 0.5) is 5.69 Å². The molecule has 0 saturated carbocycles. The maximum absolute atomic E-state index is 13.8. The number of hydrogen-bond acceptors (Lipinski definition) is 12. The van der Waals surface area contributed by atoms with Crippen LogP contribution in [0.3, 0.4) is 0 Å². The number of anilines is 1. The van der Waals surface area contributed by atoms with Crippen molar-refractivity contribution < 1.29 is 53.5 Å². The Morgan fingerprint density at radius 3 is 2.12 bits per heavy atom. The van der Waals surface area contributed by atoms with E-state index >= 15 is 0 Å². The van der Waals surface area contributed by atoms with E-state index in [1.165, 1.54) is 66.7 Å². The second kappa shape index (κ2) is 19.6. The summed E-state index contributed by atoms with van der Waals surface area (Å²) in [6.45, 7) is 5.72. The van der Waals surface area contributed by atoms with Crippen LogP contribution >= 0.6 is 23.2 Å². The molecule has 0 fully saturated rings. The molecular weight excluding hydrogens is 980 g/mol. The van der Waals surface area contributed by atoms with Crippen molar-refractivity contribution in [3.8, 4) is 50.7 Å². The van der Waals surface area contributed by atoms with Crippen molar-refractivity contribution in [2.24, 2.45) is 4.99 Å². The number of carbonyl (C=O) groups excluding carboxylic acids is 2. The first-order valence-electron chi connectivity index (χ1n) is 22.5. The van der Waals surface area contributed by atoms with E-state index in [1.54, 1.807) is 37.3 Å². The number of nitrogens with one attached hydrogen (secondary N) is 2. The van der Waals surface area contributed by atoms with Crippen molar-refractivity contribution in [3.63, 3.8) is 0 Å². The largest absolute Gasteiger partial charge is 0.507 e. The van der Waals surface area contributed by atoms with Crippen LogP contribution in [0.2, 0.25) is 10.0 Å². The van der Waals surface area contributed by atoms with Crippen LogP contribution in [-0.2, 0) is 13.1 Å². The van der Waals surface area contributed by atoms with Crippen molar-refractivity contribution in [3.05, 3.63) is 179 Å². The topological polar surface area (TPSA) is 275 Å². The number of carbonyl (C=O) groups is 4. The number of aromatic carboxylic acids is 2. The van der Waals surface area contributed by atoms with Crippen molar-refractivity contribution in [2.45, 2.75) is 40.2 Å². The number of amides is 2. The quantitative estimate of drug-likeness (QED) is 0.0322. The zero-order chi connectivity index (χ0) is 52.2. The Bertz CT molecular complexity index is 3860. The normalized spacial score (nSPS) is 11.8. The van der Waals surface area contributed by atoms with Crippen LogP contribution in [0.5, 0.6) is 5.75 Å².